The van der Waals surface area contributed by atoms with E-state index in [1.165, 1.54) is 0 Å². The monoisotopic (exact) mass is 342 g/mol. The second kappa shape index (κ2) is 7.56. The SMILES string of the molecule is CCOc1ccc2c(c1)CC(C(=O)C(C#N)C(=O)N1CCCC1)CO2. The third kappa shape index (κ3) is 3.60. The van der Waals surface area contributed by atoms with Crippen LogP contribution in [0.5, 0.6) is 11.5 Å². The molecule has 0 aromatic heterocycles. The van der Waals surface area contributed by atoms with Crippen molar-refractivity contribution in [3.63, 3.8) is 0 Å². The standard InChI is InChI=1S/C19H22N2O4/c1-2-24-15-5-6-17-13(10-15)9-14(12-25-17)18(22)16(11-20)19(23)21-7-3-4-8-21/h5-6,10,14,16H,2-4,7-9,12H2,1H3. The Morgan fingerprint density at radius 3 is 2.84 bits per heavy atom. The number of ether oxygens (including phenoxy) is 2. The van der Waals surface area contributed by atoms with E-state index < -0.39 is 11.8 Å². The van der Waals surface area contributed by atoms with Gasteiger partial charge >= 0.3 is 0 Å². The van der Waals surface area contributed by atoms with Crippen LogP contribution in [0.1, 0.15) is 25.3 Å². The highest BCUT2D eigenvalue weighted by Crippen LogP contribution is 2.32. The molecule has 1 aromatic carbocycles. The molecular formula is C19H22N2O4. The molecule has 0 bridgehead atoms. The van der Waals surface area contributed by atoms with E-state index in [2.05, 4.69) is 0 Å². The van der Waals surface area contributed by atoms with E-state index in [4.69, 9.17) is 9.47 Å². The highest BCUT2D eigenvalue weighted by atomic mass is 16.5. The van der Waals surface area contributed by atoms with Crippen LogP contribution in [0.3, 0.4) is 0 Å². The highest BCUT2D eigenvalue weighted by molar-refractivity contribution is 6.05. The molecule has 132 valence electrons. The number of hydrogen-bond acceptors (Lipinski definition) is 5. The Bertz CT molecular complexity index is 704. The molecule has 1 fully saturated rings. The summed E-state index contributed by atoms with van der Waals surface area (Å²) in [6.45, 7) is 3.93. The van der Waals surface area contributed by atoms with Crippen molar-refractivity contribution < 1.29 is 19.1 Å². The average molecular weight is 342 g/mol. The van der Waals surface area contributed by atoms with E-state index in [0.29, 0.717) is 26.1 Å². The number of nitrogens with zero attached hydrogens (tertiary/aromatic N) is 2. The van der Waals surface area contributed by atoms with E-state index in [9.17, 15) is 14.9 Å². The summed E-state index contributed by atoms with van der Waals surface area (Å²) in [6.07, 6.45) is 2.32. The lowest BCUT2D eigenvalue weighted by Crippen LogP contribution is -2.41. The van der Waals surface area contributed by atoms with Gasteiger partial charge < -0.3 is 14.4 Å². The molecule has 2 aliphatic heterocycles. The molecule has 1 saturated heterocycles. The Morgan fingerprint density at radius 2 is 2.16 bits per heavy atom. The lowest BCUT2D eigenvalue weighted by atomic mass is 9.86. The van der Waals surface area contributed by atoms with E-state index in [1.807, 2.05) is 31.2 Å². The molecule has 0 aliphatic carbocycles. The molecule has 0 radical (unpaired) electrons. The number of amides is 1. The van der Waals surface area contributed by atoms with E-state index >= 15 is 0 Å². The first-order valence-corrected chi connectivity index (χ1v) is 8.74. The topological polar surface area (TPSA) is 79.6 Å². The number of Topliss-reactive ketones (excluding diaryl/α,β-unsaturated/α-hetero) is 1. The van der Waals surface area contributed by atoms with Gasteiger partial charge in [0.1, 0.15) is 11.5 Å². The Balaban J connectivity index is 1.73. The van der Waals surface area contributed by atoms with Gasteiger partial charge in [-0.15, -0.1) is 0 Å². The fraction of sp³-hybridized carbons (Fsp3) is 0.526. The maximum atomic E-state index is 12.8. The summed E-state index contributed by atoms with van der Waals surface area (Å²) < 4.78 is 11.2. The molecule has 2 heterocycles. The first kappa shape index (κ1) is 17.3. The Kier molecular flexibility index (Phi) is 5.22. The molecule has 2 unspecified atom stereocenters. The zero-order valence-electron chi connectivity index (χ0n) is 14.4. The summed E-state index contributed by atoms with van der Waals surface area (Å²) in [5.74, 6) is -0.968. The largest absolute Gasteiger partial charge is 0.494 e. The second-order valence-corrected chi connectivity index (χ2v) is 6.41. The van der Waals surface area contributed by atoms with Crippen LogP contribution in [-0.2, 0) is 16.0 Å². The maximum absolute atomic E-state index is 12.8. The molecule has 2 atom stereocenters. The lowest BCUT2D eigenvalue weighted by Gasteiger charge is -2.27. The fourth-order valence-electron chi connectivity index (χ4n) is 3.41. The molecule has 0 spiro atoms. The lowest BCUT2D eigenvalue weighted by molar-refractivity contribution is -0.140. The number of hydrogen-bond donors (Lipinski definition) is 0. The van der Waals surface area contributed by atoms with Gasteiger partial charge in [-0.05, 0) is 49.9 Å². The molecular weight excluding hydrogens is 320 g/mol. The van der Waals surface area contributed by atoms with Crippen molar-refractivity contribution in [3.05, 3.63) is 23.8 Å². The van der Waals surface area contributed by atoms with Crippen LogP contribution in [0.25, 0.3) is 0 Å². The number of fused-ring (bicyclic) bond motifs is 1. The Hall–Kier alpha value is -2.55. The summed E-state index contributed by atoms with van der Waals surface area (Å²) >= 11 is 0. The van der Waals surface area contributed by atoms with Gasteiger partial charge in [-0.1, -0.05) is 0 Å². The van der Waals surface area contributed by atoms with Gasteiger partial charge in [-0.2, -0.15) is 5.26 Å². The second-order valence-electron chi connectivity index (χ2n) is 6.41. The van der Waals surface area contributed by atoms with Gasteiger partial charge in [0, 0.05) is 13.1 Å². The van der Waals surface area contributed by atoms with E-state index in [1.54, 1.807) is 4.90 Å². The maximum Gasteiger partial charge on any atom is 0.247 e. The molecule has 1 aromatic rings. The third-order valence-corrected chi connectivity index (χ3v) is 4.73. The Morgan fingerprint density at radius 1 is 1.40 bits per heavy atom. The van der Waals surface area contributed by atoms with Crippen molar-refractivity contribution in [2.45, 2.75) is 26.2 Å². The van der Waals surface area contributed by atoms with Crippen LogP contribution in [0.4, 0.5) is 0 Å². The zero-order chi connectivity index (χ0) is 17.8. The molecule has 25 heavy (non-hydrogen) atoms. The number of carbonyl (C=O) groups excluding carboxylic acids is 2. The highest BCUT2D eigenvalue weighted by Gasteiger charge is 2.38. The molecule has 6 nitrogen and oxygen atoms in total. The van der Waals surface area contributed by atoms with Crippen LogP contribution >= 0.6 is 0 Å². The fourth-order valence-corrected chi connectivity index (χ4v) is 3.41. The summed E-state index contributed by atoms with van der Waals surface area (Å²) in [6, 6.07) is 7.44. The number of rotatable bonds is 5. The van der Waals surface area contributed by atoms with Crippen LogP contribution in [0, 0.1) is 23.2 Å². The molecule has 1 amide bonds. The minimum atomic E-state index is -1.23. The predicted molar refractivity (Wildman–Crippen MR) is 90.2 cm³/mol. The van der Waals surface area contributed by atoms with E-state index in [0.717, 1.165) is 29.9 Å². The van der Waals surface area contributed by atoms with Crippen LogP contribution in [0.15, 0.2) is 18.2 Å². The van der Waals surface area contributed by atoms with Gasteiger partial charge in [-0.25, -0.2) is 0 Å². The number of carbonyl (C=O) groups is 2. The quantitative estimate of drug-likeness (QED) is 0.764. The molecule has 2 aliphatic rings. The number of ketones is 1. The summed E-state index contributed by atoms with van der Waals surface area (Å²) in [7, 11) is 0. The zero-order valence-corrected chi connectivity index (χ0v) is 14.4. The van der Waals surface area contributed by atoms with Crippen molar-refractivity contribution in [2.75, 3.05) is 26.3 Å². The van der Waals surface area contributed by atoms with Crippen molar-refractivity contribution in [1.29, 1.82) is 5.26 Å². The normalized spacial score (nSPS) is 20.2. The molecule has 6 heteroatoms. The summed E-state index contributed by atoms with van der Waals surface area (Å²) in [4.78, 5) is 26.9. The van der Waals surface area contributed by atoms with Crippen molar-refractivity contribution in [3.8, 4) is 17.6 Å². The van der Waals surface area contributed by atoms with Gasteiger partial charge in [0.25, 0.3) is 0 Å². The van der Waals surface area contributed by atoms with Crippen molar-refractivity contribution >= 4 is 11.7 Å². The number of likely N-dealkylation sites (tertiary alicyclic amines) is 1. The van der Waals surface area contributed by atoms with E-state index in [-0.39, 0.29) is 18.3 Å². The Labute approximate surface area is 147 Å². The van der Waals surface area contributed by atoms with Crippen LogP contribution < -0.4 is 9.47 Å². The van der Waals surface area contributed by atoms with Gasteiger partial charge in [-0.3, -0.25) is 9.59 Å². The van der Waals surface area contributed by atoms with Crippen molar-refractivity contribution in [1.82, 2.24) is 4.90 Å². The first-order valence-electron chi connectivity index (χ1n) is 8.74. The number of benzene rings is 1. The van der Waals surface area contributed by atoms with Gasteiger partial charge in [0.2, 0.25) is 5.91 Å². The number of nitriles is 1. The minimum Gasteiger partial charge on any atom is -0.494 e. The third-order valence-electron chi connectivity index (χ3n) is 4.73. The first-order chi connectivity index (χ1) is 12.1. The predicted octanol–water partition coefficient (Wildman–Crippen LogP) is 1.97. The van der Waals surface area contributed by atoms with Gasteiger partial charge in [0.05, 0.1) is 25.2 Å². The molecule has 0 saturated carbocycles. The minimum absolute atomic E-state index is 0.200. The van der Waals surface area contributed by atoms with Crippen LogP contribution in [0.2, 0.25) is 0 Å². The van der Waals surface area contributed by atoms with Gasteiger partial charge in [0.15, 0.2) is 11.7 Å². The average Bonchev–Trinajstić information content (AvgIpc) is 3.16. The smallest absolute Gasteiger partial charge is 0.247 e. The van der Waals surface area contributed by atoms with Crippen molar-refractivity contribution in [2.24, 2.45) is 11.8 Å². The summed E-state index contributed by atoms with van der Waals surface area (Å²) in [5, 5.41) is 9.39. The molecule has 0 N–H and O–H groups in total. The molecule has 3 rings (SSSR count). The van der Waals surface area contributed by atoms with Crippen LogP contribution in [-0.4, -0.2) is 42.9 Å². The summed E-state index contributed by atoms with van der Waals surface area (Å²) in [5.41, 5.74) is 0.876.